The minimum absolute atomic E-state index is 0.390. The smallest absolute Gasteiger partial charge is 0.244 e. The Kier molecular flexibility index (Phi) is 4.60. The van der Waals surface area contributed by atoms with Gasteiger partial charge in [-0.1, -0.05) is 48.5 Å². The highest BCUT2D eigenvalue weighted by Crippen LogP contribution is 2.24. The van der Waals surface area contributed by atoms with Crippen LogP contribution < -0.4 is 16.0 Å². The number of hydrogen-bond donors (Lipinski definition) is 2. The third-order valence-corrected chi connectivity index (χ3v) is 3.79. The van der Waals surface area contributed by atoms with Crippen molar-refractivity contribution >= 4 is 11.6 Å². The molecule has 0 aliphatic heterocycles. The van der Waals surface area contributed by atoms with Gasteiger partial charge in [0.1, 0.15) is 5.54 Å². The van der Waals surface area contributed by atoms with Crippen LogP contribution in [0.3, 0.4) is 0 Å². The molecule has 0 radical (unpaired) electrons. The van der Waals surface area contributed by atoms with Crippen LogP contribution in [0.1, 0.15) is 5.56 Å². The zero-order valence-corrected chi connectivity index (χ0v) is 12.4. The highest BCUT2D eigenvalue weighted by Gasteiger charge is 2.38. The van der Waals surface area contributed by atoms with Gasteiger partial charge in [-0.3, -0.25) is 4.79 Å². The summed E-state index contributed by atoms with van der Waals surface area (Å²) in [4.78, 5) is 14.2. The van der Waals surface area contributed by atoms with Gasteiger partial charge in [0.05, 0.1) is 0 Å². The summed E-state index contributed by atoms with van der Waals surface area (Å²) < 4.78 is 0. The van der Waals surface area contributed by atoms with Crippen LogP contribution in [0.15, 0.2) is 60.7 Å². The monoisotopic (exact) mass is 283 g/mol. The second-order valence-electron chi connectivity index (χ2n) is 5.08. The first-order valence-electron chi connectivity index (χ1n) is 6.90. The number of rotatable bonds is 6. The molecule has 0 aliphatic carbocycles. The first-order chi connectivity index (χ1) is 10.1. The molecule has 0 fully saturated rings. The third kappa shape index (κ3) is 3.06. The molecule has 0 aliphatic rings. The van der Waals surface area contributed by atoms with E-state index in [0.717, 1.165) is 11.3 Å². The molecule has 4 heteroatoms. The van der Waals surface area contributed by atoms with Crippen molar-refractivity contribution in [2.75, 3.05) is 25.5 Å². The number of hydrogen-bond acceptors (Lipinski definition) is 3. The Morgan fingerprint density at radius 2 is 1.62 bits per heavy atom. The molecule has 0 aromatic heterocycles. The minimum atomic E-state index is -0.925. The molecule has 0 heterocycles. The summed E-state index contributed by atoms with van der Waals surface area (Å²) in [6.45, 7) is 0.451. The summed E-state index contributed by atoms with van der Waals surface area (Å²) in [5.74, 6) is -0.390. The molecule has 0 bridgehead atoms. The van der Waals surface area contributed by atoms with Gasteiger partial charge in [-0.25, -0.2) is 0 Å². The number of nitrogens with one attached hydrogen (secondary N) is 1. The van der Waals surface area contributed by atoms with Gasteiger partial charge < -0.3 is 16.0 Å². The average Bonchev–Trinajstić information content (AvgIpc) is 2.54. The number of para-hydroxylation sites is 1. The number of likely N-dealkylation sites (N-methyl/N-ethyl adjacent to an activating group) is 2. The van der Waals surface area contributed by atoms with E-state index in [0.29, 0.717) is 6.54 Å². The van der Waals surface area contributed by atoms with E-state index in [2.05, 4.69) is 5.32 Å². The van der Waals surface area contributed by atoms with Gasteiger partial charge in [-0.05, 0) is 24.7 Å². The topological polar surface area (TPSA) is 58.4 Å². The van der Waals surface area contributed by atoms with Gasteiger partial charge in [0.25, 0.3) is 0 Å². The van der Waals surface area contributed by atoms with Crippen molar-refractivity contribution in [3.05, 3.63) is 66.2 Å². The Bertz CT molecular complexity index is 585. The van der Waals surface area contributed by atoms with E-state index in [1.807, 2.05) is 72.6 Å². The molecule has 21 heavy (non-hydrogen) atoms. The van der Waals surface area contributed by atoms with Gasteiger partial charge >= 0.3 is 0 Å². The maximum atomic E-state index is 12.2. The number of nitrogens with zero attached hydrogens (tertiary/aromatic N) is 1. The molecule has 2 aromatic carbocycles. The molecular weight excluding hydrogens is 262 g/mol. The van der Waals surface area contributed by atoms with E-state index in [-0.39, 0.29) is 5.91 Å². The molecule has 3 N–H and O–H groups in total. The Balaban J connectivity index is 2.36. The molecular formula is C17H21N3O. The number of primary amides is 1. The number of amides is 1. The average molecular weight is 283 g/mol. The van der Waals surface area contributed by atoms with E-state index in [1.165, 1.54) is 0 Å². The molecule has 0 spiro atoms. The number of carbonyl (C=O) groups is 1. The highest BCUT2D eigenvalue weighted by atomic mass is 16.1. The summed E-state index contributed by atoms with van der Waals surface area (Å²) in [5, 5.41) is 3.12. The molecule has 2 aromatic rings. The molecule has 4 nitrogen and oxygen atoms in total. The largest absolute Gasteiger partial charge is 0.372 e. The molecule has 2 rings (SSSR count). The molecule has 0 saturated heterocycles. The summed E-state index contributed by atoms with van der Waals surface area (Å²) in [5.41, 5.74) is 6.69. The summed E-state index contributed by atoms with van der Waals surface area (Å²) >= 11 is 0. The maximum absolute atomic E-state index is 12.2. The molecule has 110 valence electrons. The summed E-state index contributed by atoms with van der Waals surface area (Å²) in [6, 6.07) is 19.5. The van der Waals surface area contributed by atoms with Crippen molar-refractivity contribution in [1.29, 1.82) is 0 Å². The Labute approximate surface area is 125 Å². The van der Waals surface area contributed by atoms with Crippen LogP contribution in [0.25, 0.3) is 0 Å². The minimum Gasteiger partial charge on any atom is -0.372 e. The van der Waals surface area contributed by atoms with Crippen molar-refractivity contribution in [2.45, 2.75) is 5.54 Å². The van der Waals surface area contributed by atoms with E-state index < -0.39 is 5.54 Å². The van der Waals surface area contributed by atoms with Crippen molar-refractivity contribution in [3.8, 4) is 0 Å². The molecule has 0 saturated carbocycles. The quantitative estimate of drug-likeness (QED) is 0.848. The fraction of sp³-hybridized carbons (Fsp3) is 0.235. The fourth-order valence-corrected chi connectivity index (χ4v) is 2.51. The molecule has 1 amide bonds. The first kappa shape index (κ1) is 15.1. The van der Waals surface area contributed by atoms with E-state index >= 15 is 0 Å². The summed E-state index contributed by atoms with van der Waals surface area (Å²) in [7, 11) is 3.71. The van der Waals surface area contributed by atoms with Gasteiger partial charge in [-0.2, -0.15) is 0 Å². The maximum Gasteiger partial charge on any atom is 0.244 e. The summed E-state index contributed by atoms with van der Waals surface area (Å²) in [6.07, 6.45) is 0. The lowest BCUT2D eigenvalue weighted by molar-refractivity contribution is -0.124. The van der Waals surface area contributed by atoms with E-state index in [1.54, 1.807) is 7.05 Å². The normalized spacial score (nSPS) is 13.4. The third-order valence-electron chi connectivity index (χ3n) is 3.79. The standard InChI is InChI=1S/C17H21N3O/c1-19-17(16(18)21,14-9-5-3-6-10-14)13-20(2)15-11-7-4-8-12-15/h3-12,19H,13H2,1-2H3,(H2,18,21). The molecule has 1 atom stereocenters. The molecule has 1 unspecified atom stereocenters. The second-order valence-corrected chi connectivity index (χ2v) is 5.08. The lowest BCUT2D eigenvalue weighted by Gasteiger charge is -2.35. The van der Waals surface area contributed by atoms with Crippen molar-refractivity contribution in [2.24, 2.45) is 5.73 Å². The van der Waals surface area contributed by atoms with Gasteiger partial charge in [0.15, 0.2) is 0 Å². The lowest BCUT2D eigenvalue weighted by Crippen LogP contribution is -2.57. The zero-order chi connectivity index (χ0) is 15.3. The number of benzene rings is 2. The van der Waals surface area contributed by atoms with Crippen LogP contribution in [0.2, 0.25) is 0 Å². The van der Waals surface area contributed by atoms with Crippen molar-refractivity contribution in [1.82, 2.24) is 5.32 Å². The van der Waals surface area contributed by atoms with Crippen molar-refractivity contribution < 1.29 is 4.79 Å². The first-order valence-corrected chi connectivity index (χ1v) is 6.90. The predicted molar refractivity (Wildman–Crippen MR) is 86.1 cm³/mol. The zero-order valence-electron chi connectivity index (χ0n) is 12.4. The van der Waals surface area contributed by atoms with E-state index in [9.17, 15) is 4.79 Å². The van der Waals surface area contributed by atoms with Gasteiger partial charge in [0, 0.05) is 19.3 Å². The Morgan fingerprint density at radius 1 is 1.10 bits per heavy atom. The van der Waals surface area contributed by atoms with Gasteiger partial charge in [0.2, 0.25) is 5.91 Å². The van der Waals surface area contributed by atoms with E-state index in [4.69, 9.17) is 5.73 Å². The van der Waals surface area contributed by atoms with Crippen LogP contribution >= 0.6 is 0 Å². The Morgan fingerprint density at radius 3 is 2.10 bits per heavy atom. The lowest BCUT2D eigenvalue weighted by atomic mass is 9.88. The van der Waals surface area contributed by atoms with Crippen LogP contribution in [0, 0.1) is 0 Å². The number of carbonyl (C=O) groups excluding carboxylic acids is 1. The highest BCUT2D eigenvalue weighted by molar-refractivity contribution is 5.87. The van der Waals surface area contributed by atoms with Crippen LogP contribution in [-0.4, -0.2) is 26.5 Å². The van der Waals surface area contributed by atoms with Crippen molar-refractivity contribution in [3.63, 3.8) is 0 Å². The van der Waals surface area contributed by atoms with Crippen LogP contribution in [-0.2, 0) is 10.3 Å². The second kappa shape index (κ2) is 6.41. The van der Waals surface area contributed by atoms with Gasteiger partial charge in [-0.15, -0.1) is 0 Å². The SMILES string of the molecule is CNC(CN(C)c1ccccc1)(C(N)=O)c1ccccc1. The predicted octanol–water partition coefficient (Wildman–Crippen LogP) is 1.72. The van der Waals surface area contributed by atoms with Crippen LogP contribution in [0.4, 0.5) is 5.69 Å². The Hall–Kier alpha value is -2.33. The number of anilines is 1. The fourth-order valence-electron chi connectivity index (χ4n) is 2.51. The van der Waals surface area contributed by atoms with Crippen LogP contribution in [0.5, 0.6) is 0 Å². The number of nitrogens with two attached hydrogens (primary N) is 1.